The van der Waals surface area contributed by atoms with Crippen LogP contribution in [0.25, 0.3) is 11.2 Å². The van der Waals surface area contributed by atoms with E-state index in [2.05, 4.69) is 19.5 Å². The number of phosphoric acid groups is 1. The number of aliphatic hydroxyl groups is 2. The normalized spacial score (nSPS) is 28.5. The van der Waals surface area contributed by atoms with Gasteiger partial charge in [0, 0.05) is 0 Å². The van der Waals surface area contributed by atoms with Crippen LogP contribution in [0, 0.1) is 0 Å². The van der Waals surface area contributed by atoms with E-state index >= 15 is 0 Å². The zero-order chi connectivity index (χ0) is 16.8. The maximum absolute atomic E-state index is 10.7. The van der Waals surface area contributed by atoms with Gasteiger partial charge in [0.25, 0.3) is 0 Å². The molecule has 0 aromatic carbocycles. The molecule has 3 heterocycles. The Morgan fingerprint density at radius 2 is 2.04 bits per heavy atom. The van der Waals surface area contributed by atoms with Crippen molar-refractivity contribution in [3.63, 3.8) is 0 Å². The number of hydrogen-bond acceptors (Lipinski definition) is 9. The standard InChI is InChI=1S/C10H14N5O7P/c11-8-5-9(13-2-12-8)15(3-14-5)10-7(17)6(16)4(22-10)1-21-23(18,19)20/h2-4,6-7,10,16-17H,1H2,(H2,11,12,13)(H2,18,19,20)/t4-,6-,7-,10-/m1/s1/i1+1,2+1,3+1,4+1,5+1,6+1,7+1,8+1,9+1,10+1,11+1,12+1,13+1,14+1,15+1. The molecule has 0 bridgehead atoms. The fourth-order valence-electron chi connectivity index (χ4n) is 2.32. The molecule has 12 nitrogen and oxygen atoms in total. The van der Waals surface area contributed by atoms with Crippen LogP contribution in [0.15, 0.2) is 12.7 Å². The molecule has 13 heteroatoms. The molecular formula is C10H14N5O7P. The topological polar surface area (TPSA) is 186 Å². The number of rotatable bonds is 4. The van der Waals surface area contributed by atoms with Crippen LogP contribution >= 0.6 is 7.82 Å². The van der Waals surface area contributed by atoms with E-state index in [1.807, 2.05) is 0 Å². The first-order chi connectivity index (χ1) is 10.8. The Kier molecular flexibility index (Phi) is 4.06. The van der Waals surface area contributed by atoms with E-state index in [4.69, 9.17) is 20.3 Å². The molecule has 0 amide bonds. The highest BCUT2D eigenvalue weighted by molar-refractivity contribution is 7.46. The molecule has 0 saturated carbocycles. The van der Waals surface area contributed by atoms with Crippen LogP contribution < -0.4 is 5.73 Å². The summed E-state index contributed by atoms with van der Waals surface area (Å²) in [6.07, 6.45) is -2.49. The third-order valence-electron chi connectivity index (χ3n) is 3.41. The second-order valence-corrected chi connectivity index (χ2v) is 6.15. The van der Waals surface area contributed by atoms with E-state index < -0.39 is 39.0 Å². The van der Waals surface area contributed by atoms with Gasteiger partial charge in [0.05, 0.1) is 12.9 Å². The summed E-state index contributed by atoms with van der Waals surface area (Å²) in [5.41, 5.74) is 6.25. The zero-order valence-electron chi connectivity index (χ0n) is 11.5. The first-order valence-electron chi connectivity index (χ1n) is 6.42. The van der Waals surface area contributed by atoms with Crippen molar-refractivity contribution in [2.45, 2.75) is 24.5 Å². The number of hydrogen-bond donors (Lipinski definition) is 5. The van der Waals surface area contributed by atoms with Crippen molar-refractivity contribution < 1.29 is 33.8 Å². The fraction of sp³-hybridized carbons (Fsp3) is 0.500. The van der Waals surface area contributed by atoms with Gasteiger partial charge in [-0.3, -0.25) is 9.09 Å². The van der Waals surface area contributed by atoms with Gasteiger partial charge in [-0.15, -0.1) is 0 Å². The number of aromatic nitrogens is 4. The van der Waals surface area contributed by atoms with Crippen LogP contribution in [0.3, 0.4) is 0 Å². The van der Waals surface area contributed by atoms with Gasteiger partial charge in [0.1, 0.15) is 30.2 Å². The number of phosphoric ester groups is 1. The number of ether oxygens (including phenoxy) is 1. The van der Waals surface area contributed by atoms with Crippen molar-refractivity contribution in [2.75, 3.05) is 12.3 Å². The summed E-state index contributed by atoms with van der Waals surface area (Å²) in [6, 6.07) is 0. The number of fused-ring (bicyclic) bond motifs is 1. The Morgan fingerprint density at radius 1 is 1.30 bits per heavy atom. The zero-order valence-corrected chi connectivity index (χ0v) is 12.4. The van der Waals surface area contributed by atoms with Gasteiger partial charge in [-0.1, -0.05) is 0 Å². The maximum atomic E-state index is 10.7. The molecular weight excluding hydrogens is 348 g/mol. The summed E-state index contributed by atoms with van der Waals surface area (Å²) in [6.45, 7) is -0.594. The van der Waals surface area contributed by atoms with Crippen LogP contribution in [0.5, 0.6) is 0 Å². The van der Waals surface area contributed by atoms with Crippen LogP contribution in [-0.2, 0) is 13.8 Å². The fourth-order valence-corrected chi connectivity index (χ4v) is 2.66. The number of anilines is 1. The summed E-state index contributed by atoms with van der Waals surface area (Å²) >= 11 is 0. The quantitative estimate of drug-likeness (QED) is 0.233. The summed E-state index contributed by atoms with van der Waals surface area (Å²) in [4.78, 5) is 29.2. The first-order valence-corrected chi connectivity index (χ1v) is 7.95. The first kappa shape index (κ1) is 16.2. The summed E-state index contributed by atoms with van der Waals surface area (Å²) in [7, 11) is -4.72. The highest BCUT2D eigenvalue weighted by Crippen LogP contribution is 2.38. The van der Waals surface area contributed by atoms with Crippen molar-refractivity contribution in [2.24, 2.45) is 0 Å². The largest absolute Gasteiger partial charge is 0.469 e. The molecule has 23 heavy (non-hydrogen) atoms. The van der Waals surface area contributed by atoms with E-state index in [-0.39, 0.29) is 11.5 Å². The lowest BCUT2D eigenvalue weighted by Gasteiger charge is -2.16. The van der Waals surface area contributed by atoms with Gasteiger partial charge in [-0.2, -0.15) is 0 Å². The van der Waals surface area contributed by atoms with Crippen molar-refractivity contribution in [3.05, 3.63) is 12.7 Å². The van der Waals surface area contributed by atoms with Gasteiger partial charge in [-0.25, -0.2) is 19.5 Å². The molecule has 2 aromatic heterocycles. The lowest BCUT2D eigenvalue weighted by atomic mass is 11.1. The Morgan fingerprint density at radius 3 is 2.74 bits per heavy atom. The average Bonchev–Trinajstić information content (AvgIpc) is 3.01. The number of imidazole rings is 1. The van der Waals surface area contributed by atoms with Crippen molar-refractivity contribution >= 4 is 24.8 Å². The van der Waals surface area contributed by atoms with Gasteiger partial charge in [0.2, 0.25) is 0 Å². The molecule has 0 spiro atoms. The number of aliphatic hydroxyl groups excluding tert-OH is 2. The monoisotopic (exact) mass is 362 g/mol. The average molecular weight is 362 g/mol. The molecule has 3 rings (SSSR count). The molecule has 0 radical (unpaired) electrons. The maximum Gasteiger partial charge on any atom is 0.469 e. The number of nitrogens with two attached hydrogens (primary N) is 1. The van der Waals surface area contributed by atoms with Crippen LogP contribution in [0.4, 0.5) is 5.82 Å². The molecule has 4 atom stereocenters. The Labute approximate surface area is 128 Å². The van der Waals surface area contributed by atoms with Crippen molar-refractivity contribution in [3.8, 4) is 0 Å². The molecule has 1 aliphatic heterocycles. The molecule has 1 saturated heterocycles. The van der Waals surface area contributed by atoms with Gasteiger partial charge in [-0.05, 0) is 0 Å². The lowest BCUT2D eigenvalue weighted by Crippen LogP contribution is -2.33. The molecule has 1 aliphatic rings. The van der Waals surface area contributed by atoms with Gasteiger partial charge < -0.3 is 30.5 Å². The molecule has 0 unspecified atom stereocenters. The van der Waals surface area contributed by atoms with Crippen LogP contribution in [-0.4, -0.2) is 64.4 Å². The Balaban J connectivity index is 1.85. The highest BCUT2D eigenvalue weighted by Gasteiger charge is 2.45. The highest BCUT2D eigenvalue weighted by atomic mass is 31.2. The Hall–Kier alpha value is -1.66. The smallest absolute Gasteiger partial charge is 0.387 e. The summed E-state index contributed by atoms with van der Waals surface area (Å²) in [5.74, 6) is 0.142. The molecule has 2 aromatic rings. The number of nitrogens with zero attached hydrogens (tertiary/aromatic N) is 4. The van der Waals surface area contributed by atoms with Crippen LogP contribution in [0.1, 0.15) is 6.23 Å². The van der Waals surface area contributed by atoms with Crippen molar-refractivity contribution in [1.82, 2.24) is 19.5 Å². The van der Waals surface area contributed by atoms with Gasteiger partial charge in [0.15, 0.2) is 17.7 Å². The minimum Gasteiger partial charge on any atom is -0.387 e. The van der Waals surface area contributed by atoms with E-state index in [9.17, 15) is 14.8 Å². The van der Waals surface area contributed by atoms with E-state index in [1.165, 1.54) is 17.2 Å². The van der Waals surface area contributed by atoms with E-state index in [0.29, 0.717) is 5.52 Å². The summed E-state index contributed by atoms with van der Waals surface area (Å²) in [5, 5.41) is 20.1. The summed E-state index contributed by atoms with van der Waals surface area (Å²) < 4.78 is 21.8. The predicted molar refractivity (Wildman–Crippen MR) is 73.7 cm³/mol. The van der Waals surface area contributed by atoms with E-state index in [0.717, 1.165) is 0 Å². The predicted octanol–water partition coefficient (Wildman–Crippen LogP) is -1.86. The molecule has 1 fully saturated rings. The minimum atomic E-state index is -4.72. The lowest BCUT2D eigenvalue weighted by molar-refractivity contribution is -0.0504. The SMILES string of the molecule is [15NH2][13c]1[15n][13cH][15n][13c]2[13c]1[15n][13cH][15n]2[13C@@H]1O[13C@H]([13CH2]OP(=O)(O)O)[13C@@H](O)[13C@H]1O. The Bertz CT molecular complexity index is 763. The minimum absolute atomic E-state index is 0.142. The second kappa shape index (κ2) is 5.76. The number of nitrogen functional groups attached to an aromatic ring is 1. The third-order valence-corrected chi connectivity index (χ3v) is 3.89. The molecule has 6 N–H and O–H groups in total. The van der Waals surface area contributed by atoms with Crippen LogP contribution in [0.2, 0.25) is 0 Å². The molecule has 126 valence electrons. The van der Waals surface area contributed by atoms with E-state index in [1.54, 1.807) is 0 Å². The van der Waals surface area contributed by atoms with Crippen molar-refractivity contribution in [1.29, 1.82) is 0 Å². The molecule has 0 aliphatic carbocycles. The van der Waals surface area contributed by atoms with Gasteiger partial charge >= 0.3 is 7.82 Å². The second-order valence-electron chi connectivity index (χ2n) is 4.92. The third kappa shape index (κ3) is 3.05.